The van der Waals surface area contributed by atoms with Crippen LogP contribution in [0.5, 0.6) is 0 Å². The Morgan fingerprint density at radius 1 is 1.26 bits per heavy atom. The average molecular weight is 378 g/mol. The maximum absolute atomic E-state index is 13.1. The SMILES string of the molecule is CC(C)CC(=O)C1=C(O)C23CC(C(C)(C)O)C(C)(C)C2CC(=O)[C@]3(O)C1=O. The standard InChI is InChI=1S/C21H30O6/c1-10(2)7-11(22)15-16(24)20-9-13(19(5,6)26)18(3,4)12(20)8-14(23)21(20,27)17(15)25/h10,12-13,24,26-27H,7-9H2,1-6H3/t12?,13?,20?,21-/m0/s1. The van der Waals surface area contributed by atoms with E-state index in [1.165, 1.54) is 0 Å². The van der Waals surface area contributed by atoms with Crippen molar-refractivity contribution < 1.29 is 29.7 Å². The maximum atomic E-state index is 13.1. The highest BCUT2D eigenvalue weighted by Gasteiger charge is 2.81. The summed E-state index contributed by atoms with van der Waals surface area (Å²) in [5.41, 5.74) is -6.13. The molecule has 6 heteroatoms. The van der Waals surface area contributed by atoms with Gasteiger partial charge in [-0.3, -0.25) is 14.4 Å². The van der Waals surface area contributed by atoms with Gasteiger partial charge in [-0.1, -0.05) is 27.7 Å². The van der Waals surface area contributed by atoms with Gasteiger partial charge in [-0.2, -0.15) is 0 Å². The number of rotatable bonds is 4. The van der Waals surface area contributed by atoms with Crippen molar-refractivity contribution in [2.75, 3.05) is 0 Å². The number of ketones is 3. The van der Waals surface area contributed by atoms with E-state index < -0.39 is 56.6 Å². The molecule has 3 unspecified atom stereocenters. The summed E-state index contributed by atoms with van der Waals surface area (Å²) in [6.45, 7) is 10.7. The second-order valence-electron chi connectivity index (χ2n) is 10.2. The van der Waals surface area contributed by atoms with Crippen molar-refractivity contribution in [3.63, 3.8) is 0 Å². The third-order valence-electron chi connectivity index (χ3n) is 7.30. The highest BCUT2D eigenvalue weighted by atomic mass is 16.3. The van der Waals surface area contributed by atoms with E-state index in [2.05, 4.69) is 0 Å². The number of hydrogen-bond acceptors (Lipinski definition) is 6. The molecule has 3 aliphatic carbocycles. The van der Waals surface area contributed by atoms with Gasteiger partial charge in [0.05, 0.1) is 11.0 Å². The van der Waals surface area contributed by atoms with Crippen LogP contribution in [0.4, 0.5) is 0 Å². The molecule has 4 atom stereocenters. The van der Waals surface area contributed by atoms with Gasteiger partial charge >= 0.3 is 0 Å². The maximum Gasteiger partial charge on any atom is 0.210 e. The van der Waals surface area contributed by atoms with Crippen molar-refractivity contribution >= 4 is 17.3 Å². The second kappa shape index (κ2) is 5.51. The van der Waals surface area contributed by atoms with Crippen LogP contribution in [-0.2, 0) is 14.4 Å². The first kappa shape index (κ1) is 20.2. The summed E-state index contributed by atoms with van der Waals surface area (Å²) in [5.74, 6) is -3.54. The Hall–Kier alpha value is -1.53. The molecule has 3 rings (SSSR count). The lowest BCUT2D eigenvalue weighted by molar-refractivity contribution is -0.154. The summed E-state index contributed by atoms with van der Waals surface area (Å²) in [5, 5.41) is 33.2. The van der Waals surface area contributed by atoms with E-state index in [1.54, 1.807) is 13.8 Å². The number of aliphatic hydroxyl groups excluding tert-OH is 1. The van der Waals surface area contributed by atoms with E-state index in [-0.39, 0.29) is 31.1 Å². The molecule has 0 saturated heterocycles. The zero-order chi connectivity index (χ0) is 20.7. The third kappa shape index (κ3) is 2.23. The number of Topliss-reactive ketones (excluding diaryl/α,β-unsaturated/α-hetero) is 3. The summed E-state index contributed by atoms with van der Waals surface area (Å²) in [7, 11) is 0. The van der Waals surface area contributed by atoms with Gasteiger partial charge in [0.15, 0.2) is 17.2 Å². The highest BCUT2D eigenvalue weighted by molar-refractivity contribution is 6.33. The molecule has 2 fully saturated rings. The van der Waals surface area contributed by atoms with Crippen LogP contribution in [0.1, 0.15) is 60.8 Å². The van der Waals surface area contributed by atoms with Crippen LogP contribution in [0.3, 0.4) is 0 Å². The van der Waals surface area contributed by atoms with Crippen LogP contribution in [-0.4, -0.2) is 43.9 Å². The predicted molar refractivity (Wildman–Crippen MR) is 97.8 cm³/mol. The number of carbonyl (C=O) groups is 3. The van der Waals surface area contributed by atoms with Crippen LogP contribution < -0.4 is 0 Å². The van der Waals surface area contributed by atoms with Gasteiger partial charge in [-0.05, 0) is 43.4 Å². The van der Waals surface area contributed by atoms with E-state index >= 15 is 0 Å². The van der Waals surface area contributed by atoms with Crippen LogP contribution in [0.2, 0.25) is 0 Å². The van der Waals surface area contributed by atoms with Crippen molar-refractivity contribution in [1.29, 1.82) is 0 Å². The van der Waals surface area contributed by atoms with Crippen LogP contribution in [0, 0.1) is 28.6 Å². The molecule has 3 N–H and O–H groups in total. The van der Waals surface area contributed by atoms with E-state index in [0.717, 1.165) is 0 Å². The van der Waals surface area contributed by atoms with E-state index in [0.29, 0.717) is 0 Å². The molecule has 0 aromatic rings. The van der Waals surface area contributed by atoms with Crippen molar-refractivity contribution in [1.82, 2.24) is 0 Å². The zero-order valence-electron chi connectivity index (χ0n) is 16.9. The molecule has 2 saturated carbocycles. The molecule has 150 valence electrons. The van der Waals surface area contributed by atoms with Crippen LogP contribution in [0.25, 0.3) is 0 Å². The van der Waals surface area contributed by atoms with Crippen molar-refractivity contribution in [3.8, 4) is 0 Å². The quantitative estimate of drug-likeness (QED) is 0.510. The van der Waals surface area contributed by atoms with Gasteiger partial charge in [0, 0.05) is 12.8 Å². The molecule has 0 amide bonds. The van der Waals surface area contributed by atoms with Crippen LogP contribution in [0.15, 0.2) is 11.3 Å². The molecule has 3 aliphatic rings. The molecule has 0 aromatic heterocycles. The zero-order valence-corrected chi connectivity index (χ0v) is 16.9. The van der Waals surface area contributed by atoms with Gasteiger partial charge in [-0.25, -0.2) is 0 Å². The predicted octanol–water partition coefficient (Wildman–Crippen LogP) is 2.12. The Bertz CT molecular complexity index is 768. The summed E-state index contributed by atoms with van der Waals surface area (Å²) in [4.78, 5) is 38.6. The number of carbonyl (C=O) groups excluding carboxylic acids is 3. The summed E-state index contributed by atoms with van der Waals surface area (Å²) >= 11 is 0. The minimum Gasteiger partial charge on any atom is -0.511 e. The fourth-order valence-corrected chi connectivity index (χ4v) is 6.19. The lowest BCUT2D eigenvalue weighted by Gasteiger charge is -2.39. The van der Waals surface area contributed by atoms with E-state index in [4.69, 9.17) is 0 Å². The second-order valence-corrected chi connectivity index (χ2v) is 10.2. The molecule has 1 spiro atoms. The summed E-state index contributed by atoms with van der Waals surface area (Å²) in [6.07, 6.45) is 0.0679. The first-order valence-electron chi connectivity index (χ1n) is 9.63. The number of hydrogen-bond donors (Lipinski definition) is 3. The normalized spacial score (nSPS) is 38.0. The van der Waals surface area contributed by atoms with E-state index in [9.17, 15) is 29.7 Å². The molecule has 6 nitrogen and oxygen atoms in total. The minimum atomic E-state index is -2.42. The van der Waals surface area contributed by atoms with Crippen molar-refractivity contribution in [2.24, 2.45) is 28.6 Å². The Morgan fingerprint density at radius 3 is 2.30 bits per heavy atom. The Kier molecular flexibility index (Phi) is 4.12. The third-order valence-corrected chi connectivity index (χ3v) is 7.30. The van der Waals surface area contributed by atoms with Gasteiger partial charge in [0.25, 0.3) is 0 Å². The molecular weight excluding hydrogens is 348 g/mol. The van der Waals surface area contributed by atoms with Gasteiger partial charge in [0.1, 0.15) is 11.3 Å². The van der Waals surface area contributed by atoms with Gasteiger partial charge in [0.2, 0.25) is 5.78 Å². The van der Waals surface area contributed by atoms with Gasteiger partial charge in [-0.15, -0.1) is 0 Å². The lowest BCUT2D eigenvalue weighted by Crippen LogP contribution is -2.53. The van der Waals surface area contributed by atoms with Crippen molar-refractivity contribution in [2.45, 2.75) is 72.0 Å². The molecule has 0 aliphatic heterocycles. The topological polar surface area (TPSA) is 112 Å². The van der Waals surface area contributed by atoms with Gasteiger partial charge < -0.3 is 15.3 Å². The lowest BCUT2D eigenvalue weighted by atomic mass is 9.67. The molecule has 0 radical (unpaired) electrons. The first-order chi connectivity index (χ1) is 12.1. The fourth-order valence-electron chi connectivity index (χ4n) is 6.19. The minimum absolute atomic E-state index is 0.0335. The molecule has 0 bridgehead atoms. The summed E-state index contributed by atoms with van der Waals surface area (Å²) in [6, 6.07) is 0. The smallest absolute Gasteiger partial charge is 0.210 e. The number of aliphatic hydroxyl groups is 3. The Labute approximate surface area is 159 Å². The average Bonchev–Trinajstić information content (AvgIpc) is 2.94. The fraction of sp³-hybridized carbons (Fsp3) is 0.762. The molecular formula is C21H30O6. The first-order valence-corrected chi connectivity index (χ1v) is 9.63. The Morgan fingerprint density at radius 2 is 1.81 bits per heavy atom. The van der Waals surface area contributed by atoms with E-state index in [1.807, 2.05) is 27.7 Å². The molecule has 0 aromatic carbocycles. The van der Waals surface area contributed by atoms with Crippen LogP contribution >= 0.6 is 0 Å². The highest BCUT2D eigenvalue weighted by Crippen LogP contribution is 2.73. The largest absolute Gasteiger partial charge is 0.511 e. The monoisotopic (exact) mass is 378 g/mol. The Balaban J connectivity index is 2.24. The molecule has 27 heavy (non-hydrogen) atoms. The van der Waals surface area contributed by atoms with Crippen molar-refractivity contribution in [3.05, 3.63) is 11.3 Å². The summed E-state index contributed by atoms with van der Waals surface area (Å²) < 4.78 is 0. The molecule has 0 heterocycles.